The molecule has 0 bridgehead atoms. The molecule has 0 amide bonds. The second kappa shape index (κ2) is 13.3. The summed E-state index contributed by atoms with van der Waals surface area (Å²) in [6.45, 7) is 38.1. The number of carbonyl (C=O) groups excluding carboxylic acids is 1. The van der Waals surface area contributed by atoms with Crippen LogP contribution in [0.15, 0.2) is 53.4 Å². The fourth-order valence-electron chi connectivity index (χ4n) is 8.90. The molecular weight excluding hydrogens is 643 g/mol. The molecule has 0 atom stereocenters. The quantitative estimate of drug-likeness (QED) is 0.208. The average molecular weight is 706 g/mol. The molecule has 1 fully saturated rings. The number of rotatable bonds is 9. The highest BCUT2D eigenvalue weighted by Crippen LogP contribution is 2.63. The van der Waals surface area contributed by atoms with E-state index in [1.165, 1.54) is 22.3 Å². The smallest absolute Gasteiger partial charge is 0.415 e. The summed E-state index contributed by atoms with van der Waals surface area (Å²) in [4.78, 5) is 12.8. The number of benzene rings is 2. The van der Waals surface area contributed by atoms with Crippen LogP contribution in [-0.4, -0.2) is 32.6 Å². The molecule has 2 heterocycles. The van der Waals surface area contributed by atoms with Gasteiger partial charge in [-0.1, -0.05) is 154 Å². The first-order valence-corrected chi connectivity index (χ1v) is 21.7. The van der Waals surface area contributed by atoms with Gasteiger partial charge in [0.15, 0.2) is 0 Å². The van der Waals surface area contributed by atoms with Gasteiger partial charge in [0.25, 0.3) is 0 Å². The lowest BCUT2D eigenvalue weighted by molar-refractivity contribution is 0.0300. The molecular formula is C40H63N3O4Si2. The molecule has 270 valence electrons. The Bertz CT molecular complexity index is 1560. The molecule has 0 saturated carbocycles. The normalized spacial score (nSPS) is 15.6. The van der Waals surface area contributed by atoms with Gasteiger partial charge < -0.3 is 13.0 Å². The van der Waals surface area contributed by atoms with Crippen molar-refractivity contribution in [2.75, 3.05) is 0 Å². The predicted molar refractivity (Wildman–Crippen MR) is 206 cm³/mol. The molecule has 9 heteroatoms. The van der Waals surface area contributed by atoms with Crippen LogP contribution in [0.3, 0.4) is 0 Å². The Morgan fingerprint density at radius 2 is 0.918 bits per heavy atom. The molecule has 0 aliphatic carbocycles. The Balaban J connectivity index is 2.24. The SMILES string of the molecule is CC(C)c1cccc(C(C)C)c1-n1ccn(-c2c(C(C)C)cccc2C(C)C)c1=N[Si]1(O[Si](C(C)(C)C)(C(C)(C)C)C(C)(C)C)OC(=O)O1. The lowest BCUT2D eigenvalue weighted by Gasteiger charge is -2.59. The number of nitrogens with zero attached hydrogens (tertiary/aromatic N) is 3. The number of aromatic nitrogens is 2. The van der Waals surface area contributed by atoms with Crippen LogP contribution in [0.4, 0.5) is 4.79 Å². The molecule has 2 aromatic carbocycles. The highest BCUT2D eigenvalue weighted by atomic mass is 28.5. The summed E-state index contributed by atoms with van der Waals surface area (Å²) < 4.78 is 29.6. The van der Waals surface area contributed by atoms with Crippen LogP contribution in [0, 0.1) is 0 Å². The molecule has 0 radical (unpaired) electrons. The summed E-state index contributed by atoms with van der Waals surface area (Å²) in [6.07, 6.45) is 3.49. The van der Waals surface area contributed by atoms with E-state index in [4.69, 9.17) is 17.6 Å². The van der Waals surface area contributed by atoms with Crippen molar-refractivity contribution in [1.82, 2.24) is 9.13 Å². The molecule has 0 N–H and O–H groups in total. The van der Waals surface area contributed by atoms with E-state index < -0.39 is 23.4 Å². The number of para-hydroxylation sites is 2. The van der Waals surface area contributed by atoms with Crippen LogP contribution in [-0.2, 0) is 13.0 Å². The van der Waals surface area contributed by atoms with Crippen molar-refractivity contribution in [3.8, 4) is 11.4 Å². The van der Waals surface area contributed by atoms with Crippen LogP contribution in [0.2, 0.25) is 15.1 Å². The molecule has 0 spiro atoms. The summed E-state index contributed by atoms with van der Waals surface area (Å²) in [5, 5.41) is -0.731. The maximum absolute atomic E-state index is 12.8. The number of carbonyl (C=O) groups is 1. The van der Waals surface area contributed by atoms with Gasteiger partial charge in [-0.15, -0.1) is 0 Å². The van der Waals surface area contributed by atoms with Crippen molar-refractivity contribution in [2.45, 2.75) is 156 Å². The first-order chi connectivity index (χ1) is 22.4. The standard InChI is InChI=1S/C40H63N3O4Si2/c1-26(2)30-20-18-21-31(27(3)4)34(30)42-24-25-43(35-32(28(5)6)22-19-23-33(35)29(7)8)36(42)41-49(45-37(44)46-49)47-48(38(9,10)11,39(12,13)14)40(15,16)17/h18-29H,1-17H3. The van der Waals surface area contributed by atoms with Crippen LogP contribution in [0.25, 0.3) is 11.4 Å². The summed E-state index contributed by atoms with van der Waals surface area (Å²) in [6, 6.07) is 13.1. The van der Waals surface area contributed by atoms with Crippen molar-refractivity contribution < 1.29 is 17.8 Å². The van der Waals surface area contributed by atoms with Crippen molar-refractivity contribution in [3.05, 3.63) is 76.7 Å². The summed E-state index contributed by atoms with van der Waals surface area (Å²) in [5.74, 6) is 1.04. The molecule has 1 aliphatic heterocycles. The maximum Gasteiger partial charge on any atom is 0.792 e. The Morgan fingerprint density at radius 3 is 1.16 bits per heavy atom. The van der Waals surface area contributed by atoms with Gasteiger partial charge in [0.1, 0.15) is 0 Å². The fraction of sp³-hybridized carbons (Fsp3) is 0.600. The second-order valence-electron chi connectivity index (χ2n) is 18.2. The Labute approximate surface area is 298 Å². The van der Waals surface area contributed by atoms with Gasteiger partial charge >= 0.3 is 15.1 Å². The van der Waals surface area contributed by atoms with Crippen LogP contribution < -0.4 is 5.62 Å². The van der Waals surface area contributed by atoms with E-state index in [9.17, 15) is 4.79 Å². The molecule has 7 nitrogen and oxygen atoms in total. The van der Waals surface area contributed by atoms with Crippen molar-refractivity contribution in [2.24, 2.45) is 4.66 Å². The van der Waals surface area contributed by atoms with Gasteiger partial charge in [-0.25, -0.2) is 4.79 Å². The number of imidazole rings is 1. The summed E-state index contributed by atoms with van der Waals surface area (Å²) in [5.41, 5.74) is 7.70. The van der Waals surface area contributed by atoms with E-state index in [1.54, 1.807) is 0 Å². The molecule has 0 unspecified atom stereocenters. The van der Waals surface area contributed by atoms with E-state index in [0.29, 0.717) is 5.62 Å². The van der Waals surface area contributed by atoms with Gasteiger partial charge in [-0.3, -0.25) is 9.13 Å². The highest BCUT2D eigenvalue weighted by molar-refractivity contribution is 6.89. The van der Waals surface area contributed by atoms with Gasteiger partial charge in [-0.05, 0) is 61.0 Å². The van der Waals surface area contributed by atoms with Gasteiger partial charge in [0.2, 0.25) is 13.9 Å². The Kier molecular flexibility index (Phi) is 10.6. The van der Waals surface area contributed by atoms with Crippen molar-refractivity contribution in [1.29, 1.82) is 0 Å². The summed E-state index contributed by atoms with van der Waals surface area (Å²) >= 11 is 0. The average Bonchev–Trinajstić information content (AvgIpc) is 3.34. The van der Waals surface area contributed by atoms with Crippen LogP contribution >= 0.6 is 0 Å². The van der Waals surface area contributed by atoms with Gasteiger partial charge in [0, 0.05) is 12.4 Å². The zero-order valence-corrected chi connectivity index (χ0v) is 35.4. The molecule has 4 rings (SSSR count). The topological polar surface area (TPSA) is 67.0 Å². The molecule has 1 aliphatic rings. The van der Waals surface area contributed by atoms with Crippen LogP contribution in [0.5, 0.6) is 0 Å². The third-order valence-corrected chi connectivity index (χ3v) is 20.0. The number of hydrogen-bond donors (Lipinski definition) is 0. The lowest BCUT2D eigenvalue weighted by atomic mass is 9.92. The lowest BCUT2D eigenvalue weighted by Crippen LogP contribution is -2.71. The first-order valence-electron chi connectivity index (χ1n) is 18.1. The first kappa shape index (κ1) is 38.9. The predicted octanol–water partition coefficient (Wildman–Crippen LogP) is 11.6. The minimum absolute atomic E-state index is 0.244. The minimum Gasteiger partial charge on any atom is -0.415 e. The third-order valence-electron chi connectivity index (χ3n) is 10.1. The molecule has 3 aromatic rings. The highest BCUT2D eigenvalue weighted by Gasteiger charge is 2.73. The zero-order valence-electron chi connectivity index (χ0n) is 33.4. The largest absolute Gasteiger partial charge is 0.792 e. The van der Waals surface area contributed by atoms with E-state index in [-0.39, 0.29) is 38.8 Å². The van der Waals surface area contributed by atoms with E-state index >= 15 is 0 Å². The van der Waals surface area contributed by atoms with E-state index in [2.05, 4.69) is 176 Å². The second-order valence-corrected chi connectivity index (χ2v) is 26.5. The zero-order chi connectivity index (χ0) is 37.1. The van der Waals surface area contributed by atoms with Gasteiger partial charge in [0.05, 0.1) is 11.4 Å². The van der Waals surface area contributed by atoms with Crippen molar-refractivity contribution in [3.63, 3.8) is 0 Å². The maximum atomic E-state index is 12.8. The molecule has 49 heavy (non-hydrogen) atoms. The van der Waals surface area contributed by atoms with Crippen LogP contribution in [0.1, 0.15) is 164 Å². The third kappa shape index (κ3) is 6.92. The van der Waals surface area contributed by atoms with E-state index in [1.807, 2.05) is 0 Å². The van der Waals surface area contributed by atoms with E-state index in [0.717, 1.165) is 11.4 Å². The molecule has 1 aromatic heterocycles. The Hall–Kier alpha value is -2.89. The van der Waals surface area contributed by atoms with Crippen molar-refractivity contribution >= 4 is 23.4 Å². The Morgan fingerprint density at radius 1 is 0.612 bits per heavy atom. The molecule has 1 saturated heterocycles. The monoisotopic (exact) mass is 705 g/mol. The summed E-state index contributed by atoms with van der Waals surface area (Å²) in [7, 11) is -6.92. The number of hydrogen-bond acceptors (Lipinski definition) is 5. The van der Waals surface area contributed by atoms with Gasteiger partial charge in [-0.2, -0.15) is 4.66 Å². The minimum atomic E-state index is -3.99. The fourth-order valence-corrected chi connectivity index (χ4v) is 22.4.